The van der Waals surface area contributed by atoms with E-state index in [4.69, 9.17) is 0 Å². The van der Waals surface area contributed by atoms with Crippen LogP contribution < -0.4 is 5.32 Å². The summed E-state index contributed by atoms with van der Waals surface area (Å²) in [6, 6.07) is 0.665. The van der Waals surface area contributed by atoms with Gasteiger partial charge in [0.15, 0.2) is 0 Å². The summed E-state index contributed by atoms with van der Waals surface area (Å²) in [6.07, 6.45) is 10.8. The summed E-state index contributed by atoms with van der Waals surface area (Å²) in [6.45, 7) is 4.80. The summed E-state index contributed by atoms with van der Waals surface area (Å²) < 4.78 is 0. The van der Waals surface area contributed by atoms with Crippen LogP contribution in [0.1, 0.15) is 52.4 Å². The lowest BCUT2D eigenvalue weighted by molar-refractivity contribution is 0.458. The first-order valence-corrected chi connectivity index (χ1v) is 6.51. The second-order valence-electron chi connectivity index (χ2n) is 5.94. The predicted octanol–water partition coefficient (Wildman–Crippen LogP) is 3.51. The molecule has 2 aliphatic carbocycles. The highest BCUT2D eigenvalue weighted by Gasteiger charge is 2.50. The van der Waals surface area contributed by atoms with E-state index in [0.717, 1.165) is 5.92 Å². The van der Waals surface area contributed by atoms with Crippen molar-refractivity contribution in [2.24, 2.45) is 11.3 Å². The van der Waals surface area contributed by atoms with Crippen molar-refractivity contribution in [3.8, 4) is 0 Å². The van der Waals surface area contributed by atoms with Gasteiger partial charge in [0, 0.05) is 6.04 Å². The molecule has 0 spiro atoms. The Morgan fingerprint density at radius 2 is 2.07 bits per heavy atom. The van der Waals surface area contributed by atoms with Crippen molar-refractivity contribution < 1.29 is 0 Å². The SMILES string of the molecule is CNC(C1=CCCCCC1)C1CC1(C)C. The molecule has 0 aliphatic heterocycles. The Labute approximate surface area is 94.3 Å². The molecule has 2 aliphatic rings. The van der Waals surface area contributed by atoms with Crippen LogP contribution in [0.25, 0.3) is 0 Å². The fourth-order valence-electron chi connectivity index (χ4n) is 3.04. The Morgan fingerprint density at radius 1 is 1.33 bits per heavy atom. The quantitative estimate of drug-likeness (QED) is 0.698. The standard InChI is InChI=1S/C14H25N/c1-14(2)10-12(14)13(15-3)11-8-6-4-5-7-9-11/h8,12-13,15H,4-7,9-10H2,1-3H3. The number of nitrogens with one attached hydrogen (secondary N) is 1. The molecule has 0 saturated heterocycles. The normalized spacial score (nSPS) is 31.7. The van der Waals surface area contributed by atoms with E-state index >= 15 is 0 Å². The third-order valence-corrected chi connectivity index (χ3v) is 4.28. The smallest absolute Gasteiger partial charge is 0.0310 e. The summed E-state index contributed by atoms with van der Waals surface area (Å²) in [5.74, 6) is 0.881. The molecule has 1 N–H and O–H groups in total. The van der Waals surface area contributed by atoms with Crippen LogP contribution in [0.2, 0.25) is 0 Å². The number of allylic oxidation sites excluding steroid dienone is 1. The van der Waals surface area contributed by atoms with Gasteiger partial charge in [0.05, 0.1) is 0 Å². The predicted molar refractivity (Wildman–Crippen MR) is 65.9 cm³/mol. The van der Waals surface area contributed by atoms with Crippen LogP contribution in [-0.2, 0) is 0 Å². The van der Waals surface area contributed by atoms with Crippen molar-refractivity contribution in [2.45, 2.75) is 58.4 Å². The van der Waals surface area contributed by atoms with Gasteiger partial charge >= 0.3 is 0 Å². The van der Waals surface area contributed by atoms with E-state index in [1.165, 1.54) is 38.5 Å². The molecule has 1 heteroatoms. The molecule has 2 rings (SSSR count). The lowest BCUT2D eigenvalue weighted by Gasteiger charge is -2.21. The van der Waals surface area contributed by atoms with Crippen LogP contribution in [0, 0.1) is 11.3 Å². The first-order chi connectivity index (χ1) is 7.15. The maximum absolute atomic E-state index is 3.55. The Balaban J connectivity index is 2.02. The average Bonchev–Trinajstić information content (AvgIpc) is 2.88. The van der Waals surface area contributed by atoms with Crippen LogP contribution in [0.5, 0.6) is 0 Å². The number of likely N-dealkylation sites (N-methyl/N-ethyl adjacent to an activating group) is 1. The van der Waals surface area contributed by atoms with Crippen LogP contribution in [0.15, 0.2) is 11.6 Å². The molecule has 0 radical (unpaired) electrons. The van der Waals surface area contributed by atoms with Gasteiger partial charge in [-0.1, -0.05) is 31.9 Å². The molecule has 86 valence electrons. The maximum Gasteiger partial charge on any atom is 0.0310 e. The molecule has 0 aromatic heterocycles. The van der Waals surface area contributed by atoms with Crippen LogP contribution in [0.3, 0.4) is 0 Å². The van der Waals surface area contributed by atoms with E-state index in [9.17, 15) is 0 Å². The van der Waals surface area contributed by atoms with Crippen LogP contribution >= 0.6 is 0 Å². The molecule has 15 heavy (non-hydrogen) atoms. The summed E-state index contributed by atoms with van der Waals surface area (Å²) in [5, 5.41) is 3.55. The van der Waals surface area contributed by atoms with Gasteiger partial charge in [0.1, 0.15) is 0 Å². The van der Waals surface area contributed by atoms with Crippen molar-refractivity contribution in [1.29, 1.82) is 0 Å². The fraction of sp³-hybridized carbons (Fsp3) is 0.857. The van der Waals surface area contributed by atoms with Crippen molar-refractivity contribution >= 4 is 0 Å². The zero-order valence-electron chi connectivity index (χ0n) is 10.5. The van der Waals surface area contributed by atoms with Gasteiger partial charge in [-0.15, -0.1) is 0 Å². The van der Waals surface area contributed by atoms with Crippen molar-refractivity contribution in [3.05, 3.63) is 11.6 Å². The summed E-state index contributed by atoms with van der Waals surface area (Å²) in [4.78, 5) is 0. The first-order valence-electron chi connectivity index (χ1n) is 6.51. The highest BCUT2D eigenvalue weighted by Crippen LogP contribution is 2.55. The minimum absolute atomic E-state index is 0.584. The van der Waals surface area contributed by atoms with E-state index in [1.807, 2.05) is 0 Å². The van der Waals surface area contributed by atoms with E-state index in [1.54, 1.807) is 5.57 Å². The Morgan fingerprint density at radius 3 is 2.67 bits per heavy atom. The number of hydrogen-bond donors (Lipinski definition) is 1. The third kappa shape index (κ3) is 2.44. The van der Waals surface area contributed by atoms with Gasteiger partial charge in [-0.05, 0) is 50.5 Å². The largest absolute Gasteiger partial charge is 0.313 e. The van der Waals surface area contributed by atoms with Gasteiger partial charge in [-0.3, -0.25) is 0 Å². The molecule has 0 bridgehead atoms. The van der Waals surface area contributed by atoms with Gasteiger partial charge in [-0.2, -0.15) is 0 Å². The molecule has 0 aromatic rings. The number of hydrogen-bond acceptors (Lipinski definition) is 1. The Bertz CT molecular complexity index is 252. The van der Waals surface area contributed by atoms with Gasteiger partial charge in [-0.25, -0.2) is 0 Å². The maximum atomic E-state index is 3.55. The van der Waals surface area contributed by atoms with E-state index in [2.05, 4.69) is 32.3 Å². The molecule has 1 fully saturated rings. The molecule has 1 nitrogen and oxygen atoms in total. The van der Waals surface area contributed by atoms with E-state index in [0.29, 0.717) is 11.5 Å². The Hall–Kier alpha value is -0.300. The topological polar surface area (TPSA) is 12.0 Å². The van der Waals surface area contributed by atoms with E-state index < -0.39 is 0 Å². The monoisotopic (exact) mass is 207 g/mol. The first kappa shape index (κ1) is 11.2. The summed E-state index contributed by atoms with van der Waals surface area (Å²) >= 11 is 0. The van der Waals surface area contributed by atoms with Crippen molar-refractivity contribution in [2.75, 3.05) is 7.05 Å². The summed E-state index contributed by atoms with van der Waals surface area (Å²) in [7, 11) is 2.13. The van der Waals surface area contributed by atoms with Crippen LogP contribution in [-0.4, -0.2) is 13.1 Å². The summed E-state index contributed by atoms with van der Waals surface area (Å²) in [5.41, 5.74) is 2.28. The van der Waals surface area contributed by atoms with Crippen LogP contribution in [0.4, 0.5) is 0 Å². The molecular formula is C14H25N. The highest BCUT2D eigenvalue weighted by molar-refractivity contribution is 5.19. The number of rotatable bonds is 3. The second kappa shape index (κ2) is 4.29. The van der Waals surface area contributed by atoms with Gasteiger partial charge in [0.25, 0.3) is 0 Å². The molecule has 2 atom stereocenters. The van der Waals surface area contributed by atoms with Crippen molar-refractivity contribution in [1.82, 2.24) is 5.32 Å². The molecule has 0 aromatic carbocycles. The minimum atomic E-state index is 0.584. The van der Waals surface area contributed by atoms with Gasteiger partial charge < -0.3 is 5.32 Å². The zero-order valence-corrected chi connectivity index (χ0v) is 10.5. The average molecular weight is 207 g/mol. The minimum Gasteiger partial charge on any atom is -0.313 e. The second-order valence-corrected chi connectivity index (χ2v) is 5.94. The highest BCUT2D eigenvalue weighted by atomic mass is 14.9. The molecular weight excluding hydrogens is 182 g/mol. The molecule has 0 amide bonds. The molecule has 2 unspecified atom stereocenters. The fourth-order valence-corrected chi connectivity index (χ4v) is 3.04. The lowest BCUT2D eigenvalue weighted by Crippen LogP contribution is -2.31. The molecule has 0 heterocycles. The zero-order chi connectivity index (χ0) is 10.9. The van der Waals surface area contributed by atoms with Crippen molar-refractivity contribution in [3.63, 3.8) is 0 Å². The van der Waals surface area contributed by atoms with E-state index in [-0.39, 0.29) is 0 Å². The molecule has 1 saturated carbocycles. The van der Waals surface area contributed by atoms with Gasteiger partial charge in [0.2, 0.25) is 0 Å². The Kier molecular flexibility index (Phi) is 3.20. The third-order valence-electron chi connectivity index (χ3n) is 4.28. The lowest BCUT2D eigenvalue weighted by atomic mass is 9.94.